The molecule has 0 radical (unpaired) electrons. The third-order valence-corrected chi connectivity index (χ3v) is 5.58. The molecule has 0 aliphatic heterocycles. The third-order valence-electron chi connectivity index (χ3n) is 4.05. The van der Waals surface area contributed by atoms with Crippen molar-refractivity contribution in [1.29, 1.82) is 0 Å². The number of aliphatic hydroxyl groups excluding tert-OH is 1. The summed E-state index contributed by atoms with van der Waals surface area (Å²) in [6.07, 6.45) is 0. The number of Topliss-reactive ketones (excluding diaryl/α,β-unsaturated/α-hetero) is 1. The zero-order valence-corrected chi connectivity index (χ0v) is 19.3. The molecule has 0 fully saturated rings. The minimum Gasteiger partial charge on any atom is -0.478 e. The predicted molar refractivity (Wildman–Crippen MR) is 123 cm³/mol. The van der Waals surface area contributed by atoms with E-state index < -0.39 is 5.97 Å². The highest BCUT2D eigenvalue weighted by Crippen LogP contribution is 2.17. The highest BCUT2D eigenvalue weighted by Gasteiger charge is 2.19. The van der Waals surface area contributed by atoms with Gasteiger partial charge in [0.2, 0.25) is 0 Å². The molecule has 0 aliphatic rings. The Kier molecular flexibility index (Phi) is 16.6. The molecule has 0 spiro atoms. The van der Waals surface area contributed by atoms with Crippen molar-refractivity contribution < 1.29 is 38.7 Å². The second-order valence-corrected chi connectivity index (χ2v) is 7.89. The number of carbonyl (C=O) groups is 2. The molecule has 31 heavy (non-hydrogen) atoms. The van der Waals surface area contributed by atoms with Gasteiger partial charge in [-0.15, -0.1) is 0 Å². The van der Waals surface area contributed by atoms with Gasteiger partial charge < -0.3 is 29.2 Å². The molecule has 1 atom stereocenters. The van der Waals surface area contributed by atoms with Gasteiger partial charge in [0.1, 0.15) is 0 Å². The Hall–Kier alpha value is -1.14. The largest absolute Gasteiger partial charge is 0.478 e. The molecule has 0 saturated carbocycles. The molecule has 0 heterocycles. The number of hydrogen-bond acceptors (Lipinski definition) is 9. The molecule has 0 aromatic heterocycles. The number of thioether (sulfide) groups is 1. The van der Waals surface area contributed by atoms with Crippen LogP contribution in [-0.4, -0.2) is 98.7 Å². The lowest BCUT2D eigenvalue weighted by molar-refractivity contribution is -0.00417. The van der Waals surface area contributed by atoms with E-state index in [9.17, 15) is 9.59 Å². The number of aromatic carboxylic acids is 1. The number of ketones is 1. The zero-order valence-electron chi connectivity index (χ0n) is 17.6. The van der Waals surface area contributed by atoms with E-state index in [4.69, 9.17) is 29.2 Å². The Labute approximate surface area is 193 Å². The summed E-state index contributed by atoms with van der Waals surface area (Å²) in [7, 11) is 0. The molecule has 176 valence electrons. The summed E-state index contributed by atoms with van der Waals surface area (Å²) in [6, 6.07) is 5.97. The van der Waals surface area contributed by atoms with E-state index in [1.54, 1.807) is 23.9 Å². The minimum absolute atomic E-state index is 0.0140. The SMILES string of the molecule is O=C(O)c1ccc(C(=O)C(CS)CSCCOCCOCCOCCOCCO)cc1. The molecule has 1 aromatic carbocycles. The van der Waals surface area contributed by atoms with Crippen LogP contribution in [0.4, 0.5) is 0 Å². The number of carboxylic acids is 1. The van der Waals surface area contributed by atoms with Crippen molar-refractivity contribution in [2.45, 2.75) is 0 Å². The van der Waals surface area contributed by atoms with Crippen molar-refractivity contribution >= 4 is 36.1 Å². The fourth-order valence-electron chi connectivity index (χ4n) is 2.39. The van der Waals surface area contributed by atoms with Crippen LogP contribution in [0.2, 0.25) is 0 Å². The second kappa shape index (κ2) is 18.4. The topological polar surface area (TPSA) is 112 Å². The highest BCUT2D eigenvalue weighted by molar-refractivity contribution is 7.99. The summed E-state index contributed by atoms with van der Waals surface area (Å²) in [5.41, 5.74) is 0.658. The van der Waals surface area contributed by atoms with Crippen LogP contribution in [0.5, 0.6) is 0 Å². The Morgan fingerprint density at radius 1 is 0.839 bits per heavy atom. The van der Waals surface area contributed by atoms with E-state index >= 15 is 0 Å². The van der Waals surface area contributed by atoms with Crippen LogP contribution in [0, 0.1) is 5.92 Å². The van der Waals surface area contributed by atoms with E-state index in [1.807, 2.05) is 0 Å². The summed E-state index contributed by atoms with van der Waals surface area (Å²) in [5, 5.41) is 17.5. The molecular weight excluding hydrogens is 444 g/mol. The molecule has 0 saturated heterocycles. The van der Waals surface area contributed by atoms with Gasteiger partial charge in [-0.05, 0) is 12.1 Å². The Bertz CT molecular complexity index is 612. The molecule has 1 rings (SSSR count). The maximum Gasteiger partial charge on any atom is 0.335 e. The lowest BCUT2D eigenvalue weighted by Gasteiger charge is -2.13. The number of ether oxygens (including phenoxy) is 4. The predicted octanol–water partition coefficient (Wildman–Crippen LogP) is 1.91. The number of rotatable bonds is 20. The number of benzene rings is 1. The Morgan fingerprint density at radius 3 is 1.81 bits per heavy atom. The molecule has 2 N–H and O–H groups in total. The first-order valence-electron chi connectivity index (χ1n) is 10.1. The van der Waals surface area contributed by atoms with Crippen LogP contribution >= 0.6 is 24.4 Å². The van der Waals surface area contributed by atoms with Gasteiger partial charge in [-0.25, -0.2) is 4.79 Å². The lowest BCUT2D eigenvalue weighted by Crippen LogP contribution is -2.20. The first-order valence-corrected chi connectivity index (χ1v) is 11.9. The minimum atomic E-state index is -1.01. The Morgan fingerprint density at radius 2 is 1.32 bits per heavy atom. The number of carbonyl (C=O) groups excluding carboxylic acids is 1. The van der Waals surface area contributed by atoms with Gasteiger partial charge in [0.15, 0.2) is 5.78 Å². The molecular formula is C21H32O8S2. The van der Waals surface area contributed by atoms with Crippen molar-refractivity contribution in [3.8, 4) is 0 Å². The number of hydrogen-bond donors (Lipinski definition) is 3. The fraction of sp³-hybridized carbons (Fsp3) is 0.619. The van der Waals surface area contributed by atoms with Crippen LogP contribution < -0.4 is 0 Å². The van der Waals surface area contributed by atoms with Crippen molar-refractivity contribution in [2.75, 3.05) is 76.7 Å². The highest BCUT2D eigenvalue weighted by atomic mass is 32.2. The van der Waals surface area contributed by atoms with E-state index in [-0.39, 0.29) is 23.9 Å². The summed E-state index contributed by atoms with van der Waals surface area (Å²) in [5.74, 6) is 0.530. The summed E-state index contributed by atoms with van der Waals surface area (Å²) in [4.78, 5) is 23.5. The second-order valence-electron chi connectivity index (χ2n) is 6.37. The van der Waals surface area contributed by atoms with Gasteiger partial charge in [-0.1, -0.05) is 12.1 Å². The number of thiol groups is 1. The van der Waals surface area contributed by atoms with Crippen LogP contribution in [-0.2, 0) is 18.9 Å². The smallest absolute Gasteiger partial charge is 0.335 e. The maximum absolute atomic E-state index is 12.6. The first kappa shape index (κ1) is 27.9. The van der Waals surface area contributed by atoms with Gasteiger partial charge in [0.05, 0.1) is 65.0 Å². The first-order chi connectivity index (χ1) is 15.1. The van der Waals surface area contributed by atoms with Gasteiger partial charge in [0.25, 0.3) is 0 Å². The van der Waals surface area contributed by atoms with E-state index in [0.717, 1.165) is 5.75 Å². The number of aliphatic hydroxyl groups is 1. The fourth-order valence-corrected chi connectivity index (χ4v) is 3.82. The molecule has 0 bridgehead atoms. The van der Waals surface area contributed by atoms with Crippen molar-refractivity contribution in [1.82, 2.24) is 0 Å². The summed E-state index contributed by atoms with van der Waals surface area (Å²) >= 11 is 5.90. The molecule has 0 amide bonds. The van der Waals surface area contributed by atoms with Gasteiger partial charge in [-0.3, -0.25) is 4.79 Å². The Balaban J connectivity index is 2.03. The van der Waals surface area contributed by atoms with Gasteiger partial charge >= 0.3 is 5.97 Å². The average Bonchev–Trinajstić information content (AvgIpc) is 2.78. The standard InChI is InChI=1S/C21H32O8S2/c22-5-6-26-7-8-27-9-10-28-11-12-29-13-14-31-16-19(15-30)20(23)17-1-3-18(4-2-17)21(24)25/h1-4,19,22,30H,5-16H2,(H,24,25). The van der Waals surface area contributed by atoms with Crippen molar-refractivity contribution in [2.24, 2.45) is 5.92 Å². The zero-order chi connectivity index (χ0) is 22.7. The van der Waals surface area contributed by atoms with Crippen LogP contribution in [0.15, 0.2) is 24.3 Å². The average molecular weight is 477 g/mol. The summed E-state index contributed by atoms with van der Waals surface area (Å²) < 4.78 is 21.3. The van der Waals surface area contributed by atoms with Crippen LogP contribution in [0.1, 0.15) is 20.7 Å². The molecule has 8 nitrogen and oxygen atoms in total. The molecule has 0 aliphatic carbocycles. The normalized spacial score (nSPS) is 12.1. The van der Waals surface area contributed by atoms with Gasteiger partial charge in [-0.2, -0.15) is 24.4 Å². The van der Waals surface area contributed by atoms with E-state index in [1.165, 1.54) is 12.1 Å². The van der Waals surface area contributed by atoms with Crippen molar-refractivity contribution in [3.63, 3.8) is 0 Å². The van der Waals surface area contributed by atoms with Crippen LogP contribution in [0.3, 0.4) is 0 Å². The van der Waals surface area contributed by atoms with Crippen molar-refractivity contribution in [3.05, 3.63) is 35.4 Å². The maximum atomic E-state index is 12.6. The van der Waals surface area contributed by atoms with E-state index in [0.29, 0.717) is 69.9 Å². The van der Waals surface area contributed by atoms with Gasteiger partial charge in [0, 0.05) is 28.7 Å². The third kappa shape index (κ3) is 13.1. The summed E-state index contributed by atoms with van der Waals surface area (Å²) in [6.45, 7) is 3.77. The quantitative estimate of drug-likeness (QED) is 0.148. The molecule has 1 unspecified atom stereocenters. The monoisotopic (exact) mass is 476 g/mol. The van der Waals surface area contributed by atoms with E-state index in [2.05, 4.69) is 12.6 Å². The molecule has 1 aromatic rings. The lowest BCUT2D eigenvalue weighted by atomic mass is 10.00. The van der Waals surface area contributed by atoms with Crippen LogP contribution in [0.25, 0.3) is 0 Å². The molecule has 10 heteroatoms. The number of carboxylic acid groups (broad SMARTS) is 1.